The molecular weight excluding hydrogens is 530 g/mol. The van der Waals surface area contributed by atoms with Gasteiger partial charge in [-0.1, -0.05) is 71.9 Å². The molecule has 3 aromatic carbocycles. The summed E-state index contributed by atoms with van der Waals surface area (Å²) >= 11 is 1.64. The van der Waals surface area contributed by atoms with Crippen LogP contribution in [-0.4, -0.2) is 67.8 Å². The quantitative estimate of drug-likeness (QED) is 0.191. The van der Waals surface area contributed by atoms with E-state index in [-0.39, 0.29) is 17.9 Å². The van der Waals surface area contributed by atoms with Crippen LogP contribution in [0.5, 0.6) is 0 Å². The first-order valence-electron chi connectivity index (χ1n) is 14.2. The SMILES string of the molecule is Cc1ccc(C(=O)N2CCN(C(=O)CCCSc3nnc(Cc4ccccc4)n3-c3cccc(C)c3)CC2C)cc1. The van der Waals surface area contributed by atoms with Gasteiger partial charge in [0.15, 0.2) is 5.16 Å². The molecule has 0 aliphatic carbocycles. The summed E-state index contributed by atoms with van der Waals surface area (Å²) in [5, 5.41) is 9.92. The molecule has 4 aromatic rings. The number of benzene rings is 3. The van der Waals surface area contributed by atoms with Crippen molar-refractivity contribution in [1.82, 2.24) is 24.6 Å². The number of carbonyl (C=O) groups is 2. The molecule has 1 aliphatic heterocycles. The van der Waals surface area contributed by atoms with E-state index < -0.39 is 0 Å². The Bertz CT molecular complexity index is 1490. The van der Waals surface area contributed by atoms with Gasteiger partial charge in [-0.05, 0) is 62.6 Å². The summed E-state index contributed by atoms with van der Waals surface area (Å²) in [6, 6.07) is 26.3. The Kier molecular flexibility index (Phi) is 9.19. The Hall–Kier alpha value is -3.91. The van der Waals surface area contributed by atoms with Crippen LogP contribution in [0.1, 0.15) is 52.6 Å². The first-order chi connectivity index (χ1) is 19.9. The predicted molar refractivity (Wildman–Crippen MR) is 164 cm³/mol. The molecule has 212 valence electrons. The van der Waals surface area contributed by atoms with Gasteiger partial charge in [0.1, 0.15) is 5.82 Å². The molecule has 1 atom stereocenters. The molecule has 1 saturated heterocycles. The fourth-order valence-electron chi connectivity index (χ4n) is 5.21. The molecule has 0 N–H and O–H groups in total. The summed E-state index contributed by atoms with van der Waals surface area (Å²) < 4.78 is 2.14. The number of thioether (sulfide) groups is 1. The van der Waals surface area contributed by atoms with Crippen molar-refractivity contribution in [3.05, 3.63) is 107 Å². The van der Waals surface area contributed by atoms with Gasteiger partial charge in [-0.25, -0.2) is 0 Å². The van der Waals surface area contributed by atoms with Crippen molar-refractivity contribution in [3.8, 4) is 5.69 Å². The highest BCUT2D eigenvalue weighted by molar-refractivity contribution is 7.99. The van der Waals surface area contributed by atoms with Crippen LogP contribution < -0.4 is 0 Å². The van der Waals surface area contributed by atoms with E-state index in [1.165, 1.54) is 11.1 Å². The first kappa shape index (κ1) is 28.6. The lowest BCUT2D eigenvalue weighted by atomic mass is 10.1. The maximum absolute atomic E-state index is 13.1. The van der Waals surface area contributed by atoms with Crippen molar-refractivity contribution in [2.45, 2.75) is 51.2 Å². The number of aryl methyl sites for hydroxylation is 2. The topological polar surface area (TPSA) is 71.3 Å². The fourth-order valence-corrected chi connectivity index (χ4v) is 6.12. The minimum absolute atomic E-state index is 0.0215. The number of amides is 2. The Labute approximate surface area is 246 Å². The number of carbonyl (C=O) groups excluding carboxylic acids is 2. The summed E-state index contributed by atoms with van der Waals surface area (Å²) in [5.41, 5.74) is 5.24. The number of piperazine rings is 1. The summed E-state index contributed by atoms with van der Waals surface area (Å²) in [7, 11) is 0. The highest BCUT2D eigenvalue weighted by Gasteiger charge is 2.30. The van der Waals surface area contributed by atoms with Crippen molar-refractivity contribution in [1.29, 1.82) is 0 Å². The first-order valence-corrected chi connectivity index (χ1v) is 15.2. The highest BCUT2D eigenvalue weighted by Crippen LogP contribution is 2.25. The number of rotatable bonds is 9. The maximum atomic E-state index is 13.1. The second-order valence-corrected chi connectivity index (χ2v) is 11.8. The normalized spacial score (nSPS) is 15.2. The average Bonchev–Trinajstić information content (AvgIpc) is 3.37. The summed E-state index contributed by atoms with van der Waals surface area (Å²) in [4.78, 5) is 29.8. The van der Waals surface area contributed by atoms with Crippen LogP contribution in [0.3, 0.4) is 0 Å². The zero-order valence-electron chi connectivity index (χ0n) is 24.0. The molecule has 1 aromatic heterocycles. The van der Waals surface area contributed by atoms with Gasteiger partial charge in [-0.15, -0.1) is 10.2 Å². The van der Waals surface area contributed by atoms with Crippen molar-refractivity contribution < 1.29 is 9.59 Å². The zero-order valence-corrected chi connectivity index (χ0v) is 24.8. The molecule has 2 amide bonds. The molecule has 5 rings (SSSR count). The van der Waals surface area contributed by atoms with Crippen LogP contribution in [0.4, 0.5) is 0 Å². The molecule has 0 saturated carbocycles. The van der Waals surface area contributed by atoms with Crippen LogP contribution in [0.15, 0.2) is 84.0 Å². The van der Waals surface area contributed by atoms with Gasteiger partial charge in [0.05, 0.1) is 0 Å². The zero-order chi connectivity index (χ0) is 28.8. The second-order valence-electron chi connectivity index (χ2n) is 10.7. The minimum atomic E-state index is -0.0215. The lowest BCUT2D eigenvalue weighted by Crippen LogP contribution is -2.55. The van der Waals surface area contributed by atoms with Crippen molar-refractivity contribution in [2.75, 3.05) is 25.4 Å². The standard InChI is InChI=1S/C33H37N5O2S/c1-24-14-16-28(17-15-24)32(40)37-19-18-36(23-26(37)3)31(39)13-8-20-41-33-35-34-30(22-27-10-5-4-6-11-27)38(33)29-12-7-9-25(2)21-29/h4-7,9-12,14-17,21,26H,8,13,18-20,22-23H2,1-3H3. The van der Waals surface area contributed by atoms with Gasteiger partial charge in [0.25, 0.3) is 5.91 Å². The van der Waals surface area contributed by atoms with Crippen molar-refractivity contribution >= 4 is 23.6 Å². The molecule has 1 fully saturated rings. The lowest BCUT2D eigenvalue weighted by molar-refractivity contribution is -0.133. The molecular formula is C33H37N5O2S. The third kappa shape index (κ3) is 7.06. The molecule has 8 heteroatoms. The van der Waals surface area contributed by atoms with Gasteiger partial charge in [0, 0.05) is 55.5 Å². The van der Waals surface area contributed by atoms with E-state index in [9.17, 15) is 9.59 Å². The Morgan fingerprint density at radius 3 is 2.41 bits per heavy atom. The molecule has 1 aliphatic rings. The van der Waals surface area contributed by atoms with Gasteiger partial charge in [0.2, 0.25) is 5.91 Å². The van der Waals surface area contributed by atoms with Gasteiger partial charge in [-0.3, -0.25) is 14.2 Å². The molecule has 41 heavy (non-hydrogen) atoms. The molecule has 1 unspecified atom stereocenters. The van der Waals surface area contributed by atoms with Crippen LogP contribution in [0, 0.1) is 13.8 Å². The van der Waals surface area contributed by atoms with Crippen LogP contribution >= 0.6 is 11.8 Å². The number of hydrogen-bond acceptors (Lipinski definition) is 5. The lowest BCUT2D eigenvalue weighted by Gasteiger charge is -2.40. The molecule has 0 spiro atoms. The van der Waals surface area contributed by atoms with Gasteiger partial charge < -0.3 is 9.80 Å². The number of nitrogens with zero attached hydrogens (tertiary/aromatic N) is 5. The molecule has 7 nitrogen and oxygen atoms in total. The third-order valence-electron chi connectivity index (χ3n) is 7.47. The summed E-state index contributed by atoms with van der Waals surface area (Å²) in [5.74, 6) is 1.84. The third-order valence-corrected chi connectivity index (χ3v) is 8.49. The van der Waals surface area contributed by atoms with E-state index in [1.807, 2.05) is 66.1 Å². The van der Waals surface area contributed by atoms with Gasteiger partial charge >= 0.3 is 0 Å². The molecule has 0 radical (unpaired) electrons. The molecule has 2 heterocycles. The van der Waals surface area contributed by atoms with E-state index >= 15 is 0 Å². The predicted octanol–water partition coefficient (Wildman–Crippen LogP) is 5.72. The second kappa shape index (κ2) is 13.2. The molecule has 0 bridgehead atoms. The monoisotopic (exact) mass is 567 g/mol. The highest BCUT2D eigenvalue weighted by atomic mass is 32.2. The minimum Gasteiger partial charge on any atom is -0.339 e. The van der Waals surface area contributed by atoms with E-state index in [0.29, 0.717) is 38.0 Å². The summed E-state index contributed by atoms with van der Waals surface area (Å²) in [6.45, 7) is 7.80. The fraction of sp³-hybridized carbons (Fsp3) is 0.333. The van der Waals surface area contributed by atoms with E-state index in [4.69, 9.17) is 0 Å². The Balaban J connectivity index is 1.16. The van der Waals surface area contributed by atoms with E-state index in [0.717, 1.165) is 34.4 Å². The maximum Gasteiger partial charge on any atom is 0.254 e. The number of aromatic nitrogens is 3. The number of hydrogen-bond donors (Lipinski definition) is 0. The van der Waals surface area contributed by atoms with Crippen molar-refractivity contribution in [3.63, 3.8) is 0 Å². The summed E-state index contributed by atoms with van der Waals surface area (Å²) in [6.07, 6.45) is 1.91. The smallest absolute Gasteiger partial charge is 0.254 e. The van der Waals surface area contributed by atoms with Crippen LogP contribution in [0.2, 0.25) is 0 Å². The van der Waals surface area contributed by atoms with Crippen LogP contribution in [-0.2, 0) is 11.2 Å². The Morgan fingerprint density at radius 2 is 1.68 bits per heavy atom. The van der Waals surface area contributed by atoms with E-state index in [1.54, 1.807) is 11.8 Å². The largest absolute Gasteiger partial charge is 0.339 e. The van der Waals surface area contributed by atoms with Crippen LogP contribution in [0.25, 0.3) is 5.69 Å². The van der Waals surface area contributed by atoms with Gasteiger partial charge in [-0.2, -0.15) is 0 Å². The van der Waals surface area contributed by atoms with Crippen molar-refractivity contribution in [2.24, 2.45) is 0 Å². The van der Waals surface area contributed by atoms with E-state index in [2.05, 4.69) is 58.1 Å². The Morgan fingerprint density at radius 1 is 0.902 bits per heavy atom. The average molecular weight is 568 g/mol.